The number of hydrogen-bond acceptors (Lipinski definition) is 3. The number of halogens is 1. The molecule has 0 N–H and O–H groups in total. The van der Waals surface area contributed by atoms with Gasteiger partial charge in [-0.2, -0.15) is 0 Å². The zero-order valence-corrected chi connectivity index (χ0v) is 8.76. The van der Waals surface area contributed by atoms with E-state index in [0.717, 1.165) is 5.69 Å². The number of ketones is 2. The van der Waals surface area contributed by atoms with Gasteiger partial charge in [0.25, 0.3) is 0 Å². The van der Waals surface area contributed by atoms with Crippen LogP contribution in [0.25, 0.3) is 0 Å². The lowest BCUT2D eigenvalue weighted by Crippen LogP contribution is -2.06. The molecule has 0 atom stereocenters. The maximum Gasteiger partial charge on any atom is 0.173 e. The Morgan fingerprint density at radius 3 is 2.57 bits per heavy atom. The number of aryl methyl sites for hydroxylation is 1. The van der Waals surface area contributed by atoms with Crippen LogP contribution in [0, 0.1) is 6.92 Å². The summed E-state index contributed by atoms with van der Waals surface area (Å²) < 4.78 is 0. The van der Waals surface area contributed by atoms with Gasteiger partial charge in [0.15, 0.2) is 5.78 Å². The van der Waals surface area contributed by atoms with Crippen LogP contribution in [0.15, 0.2) is 12.1 Å². The minimum atomic E-state index is -0.282. The first-order valence-corrected chi connectivity index (χ1v) is 4.54. The lowest BCUT2D eigenvalue weighted by atomic mass is 10.1. The average molecular weight is 212 g/mol. The molecule has 0 spiro atoms. The minimum absolute atomic E-state index is 0.121. The Hall–Kier alpha value is -1.22. The minimum Gasteiger partial charge on any atom is -0.300 e. The smallest absolute Gasteiger partial charge is 0.173 e. The Bertz CT molecular complexity index is 388. The van der Waals surface area contributed by atoms with Gasteiger partial charge in [-0.15, -0.1) is 0 Å². The Morgan fingerprint density at radius 1 is 1.43 bits per heavy atom. The molecule has 0 fully saturated rings. The number of carbonyl (C=O) groups excluding carboxylic acids is 2. The van der Waals surface area contributed by atoms with E-state index >= 15 is 0 Å². The van der Waals surface area contributed by atoms with Crippen molar-refractivity contribution in [3.63, 3.8) is 0 Å². The van der Waals surface area contributed by atoms with E-state index in [-0.39, 0.29) is 23.1 Å². The van der Waals surface area contributed by atoms with E-state index in [1.54, 1.807) is 19.1 Å². The van der Waals surface area contributed by atoms with Crippen LogP contribution in [0.4, 0.5) is 0 Å². The van der Waals surface area contributed by atoms with Crippen LogP contribution >= 0.6 is 11.6 Å². The summed E-state index contributed by atoms with van der Waals surface area (Å²) in [6, 6.07) is 3.29. The molecule has 0 unspecified atom stereocenters. The third-order valence-electron chi connectivity index (χ3n) is 1.70. The van der Waals surface area contributed by atoms with Crippen LogP contribution in [-0.2, 0) is 4.79 Å². The summed E-state index contributed by atoms with van der Waals surface area (Å²) in [4.78, 5) is 26.1. The Morgan fingerprint density at radius 2 is 2.07 bits per heavy atom. The van der Waals surface area contributed by atoms with Gasteiger partial charge in [-0.1, -0.05) is 11.6 Å². The molecule has 1 aromatic rings. The van der Waals surface area contributed by atoms with Crippen molar-refractivity contribution in [3.8, 4) is 0 Å². The van der Waals surface area contributed by atoms with Gasteiger partial charge in [-0.3, -0.25) is 9.59 Å². The van der Waals surface area contributed by atoms with E-state index in [0.29, 0.717) is 5.56 Å². The third-order valence-corrected chi connectivity index (χ3v) is 1.99. The normalized spacial score (nSPS) is 9.93. The molecule has 14 heavy (non-hydrogen) atoms. The molecule has 0 aliphatic heterocycles. The molecule has 0 radical (unpaired) electrons. The fourth-order valence-corrected chi connectivity index (χ4v) is 1.36. The van der Waals surface area contributed by atoms with Gasteiger partial charge in [0.2, 0.25) is 0 Å². The van der Waals surface area contributed by atoms with Crippen molar-refractivity contribution < 1.29 is 9.59 Å². The topological polar surface area (TPSA) is 47.0 Å². The van der Waals surface area contributed by atoms with Gasteiger partial charge in [0, 0.05) is 5.69 Å². The number of pyridine rings is 1. The van der Waals surface area contributed by atoms with Crippen molar-refractivity contribution in [2.75, 3.05) is 0 Å². The van der Waals surface area contributed by atoms with E-state index in [2.05, 4.69) is 4.98 Å². The highest BCUT2D eigenvalue weighted by Gasteiger charge is 2.12. The summed E-state index contributed by atoms with van der Waals surface area (Å²) >= 11 is 5.76. The fourth-order valence-electron chi connectivity index (χ4n) is 1.05. The molecule has 0 aliphatic rings. The zero-order valence-electron chi connectivity index (χ0n) is 8.00. The Balaban J connectivity index is 2.96. The molecular weight excluding hydrogens is 202 g/mol. The molecule has 3 nitrogen and oxygen atoms in total. The maximum atomic E-state index is 11.4. The molecular formula is C10H10ClNO2. The summed E-state index contributed by atoms with van der Waals surface area (Å²) in [5.74, 6) is -0.457. The molecule has 1 rings (SSSR count). The molecule has 4 heteroatoms. The Kier molecular flexibility index (Phi) is 3.36. The lowest BCUT2D eigenvalue weighted by molar-refractivity contribution is -0.116. The molecule has 0 aromatic carbocycles. The van der Waals surface area contributed by atoms with Gasteiger partial charge in [0.1, 0.15) is 10.9 Å². The lowest BCUT2D eigenvalue weighted by Gasteiger charge is -2.01. The molecule has 1 aromatic heterocycles. The van der Waals surface area contributed by atoms with Gasteiger partial charge >= 0.3 is 0 Å². The summed E-state index contributed by atoms with van der Waals surface area (Å²) in [5.41, 5.74) is 1.06. The number of rotatable bonds is 3. The second-order valence-electron chi connectivity index (χ2n) is 3.09. The second-order valence-corrected chi connectivity index (χ2v) is 3.45. The number of aromatic nitrogens is 1. The Labute approximate surface area is 87.1 Å². The number of hydrogen-bond donors (Lipinski definition) is 0. The van der Waals surface area contributed by atoms with Crippen molar-refractivity contribution >= 4 is 23.2 Å². The molecule has 0 saturated heterocycles. The van der Waals surface area contributed by atoms with Crippen LogP contribution in [0.5, 0.6) is 0 Å². The highest BCUT2D eigenvalue weighted by atomic mass is 35.5. The molecule has 0 saturated carbocycles. The fraction of sp³-hybridized carbons (Fsp3) is 0.300. The predicted octanol–water partition coefficient (Wildman–Crippen LogP) is 2.21. The first-order chi connectivity index (χ1) is 6.50. The van der Waals surface area contributed by atoms with Crippen molar-refractivity contribution in [2.24, 2.45) is 0 Å². The molecule has 1 heterocycles. The van der Waals surface area contributed by atoms with Gasteiger partial charge < -0.3 is 0 Å². The van der Waals surface area contributed by atoms with Crippen LogP contribution in [0.2, 0.25) is 5.15 Å². The second kappa shape index (κ2) is 4.33. The van der Waals surface area contributed by atoms with E-state index in [4.69, 9.17) is 11.6 Å². The molecule has 0 bridgehead atoms. The summed E-state index contributed by atoms with van der Waals surface area (Å²) in [6.45, 7) is 3.15. The van der Waals surface area contributed by atoms with Crippen molar-refractivity contribution in [2.45, 2.75) is 20.3 Å². The van der Waals surface area contributed by atoms with E-state index in [9.17, 15) is 9.59 Å². The van der Waals surface area contributed by atoms with Gasteiger partial charge in [-0.05, 0) is 26.0 Å². The van der Waals surface area contributed by atoms with Crippen molar-refractivity contribution in [1.82, 2.24) is 4.98 Å². The van der Waals surface area contributed by atoms with E-state index in [1.165, 1.54) is 6.92 Å². The SMILES string of the molecule is CC(=O)CC(=O)c1ccc(C)nc1Cl. The number of carbonyl (C=O) groups is 2. The summed E-state index contributed by atoms with van der Waals surface area (Å²) in [5, 5.41) is 0.163. The third kappa shape index (κ3) is 2.64. The van der Waals surface area contributed by atoms with Crippen LogP contribution in [0.3, 0.4) is 0 Å². The van der Waals surface area contributed by atoms with Crippen LogP contribution in [0.1, 0.15) is 29.4 Å². The maximum absolute atomic E-state index is 11.4. The van der Waals surface area contributed by atoms with E-state index < -0.39 is 0 Å². The van der Waals surface area contributed by atoms with Gasteiger partial charge in [-0.25, -0.2) is 4.98 Å². The van der Waals surface area contributed by atoms with Crippen molar-refractivity contribution in [1.29, 1.82) is 0 Å². The predicted molar refractivity (Wildman–Crippen MR) is 53.6 cm³/mol. The first kappa shape index (κ1) is 10.9. The first-order valence-electron chi connectivity index (χ1n) is 4.16. The molecule has 0 amide bonds. The standard InChI is InChI=1S/C10H10ClNO2/c1-6-3-4-8(10(11)12-6)9(14)5-7(2)13/h3-4H,5H2,1-2H3. The number of Topliss-reactive ketones (excluding diaryl/α,β-unsaturated/α-hetero) is 2. The largest absolute Gasteiger partial charge is 0.300 e. The zero-order chi connectivity index (χ0) is 10.7. The highest BCUT2D eigenvalue weighted by Crippen LogP contribution is 2.15. The van der Waals surface area contributed by atoms with Crippen LogP contribution in [-0.4, -0.2) is 16.6 Å². The quantitative estimate of drug-likeness (QED) is 0.438. The molecule has 0 aliphatic carbocycles. The van der Waals surface area contributed by atoms with Crippen LogP contribution < -0.4 is 0 Å². The molecule has 74 valence electrons. The average Bonchev–Trinajstić information content (AvgIpc) is 2.01. The van der Waals surface area contributed by atoms with E-state index in [1.807, 2.05) is 0 Å². The van der Waals surface area contributed by atoms with Gasteiger partial charge in [0.05, 0.1) is 12.0 Å². The monoisotopic (exact) mass is 211 g/mol. The number of nitrogens with zero attached hydrogens (tertiary/aromatic N) is 1. The summed E-state index contributed by atoms with van der Waals surface area (Å²) in [6.07, 6.45) is -0.121. The summed E-state index contributed by atoms with van der Waals surface area (Å²) in [7, 11) is 0. The van der Waals surface area contributed by atoms with Crippen molar-refractivity contribution in [3.05, 3.63) is 28.5 Å². The highest BCUT2D eigenvalue weighted by molar-refractivity contribution is 6.33.